The molecule has 1 saturated heterocycles. The minimum absolute atomic E-state index is 0.130. The number of rotatable bonds is 4. The monoisotopic (exact) mass is 402 g/mol. The van der Waals surface area contributed by atoms with Crippen LogP contribution < -0.4 is 0 Å². The molecule has 1 aromatic heterocycles. The first-order valence-electron chi connectivity index (χ1n) is 8.54. The van der Waals surface area contributed by atoms with E-state index in [0.717, 1.165) is 11.1 Å². The van der Waals surface area contributed by atoms with Gasteiger partial charge in [0.1, 0.15) is 15.8 Å². The second-order valence-corrected chi connectivity index (χ2v) is 7.79. The number of hydrogen-bond donors (Lipinski definition) is 0. The summed E-state index contributed by atoms with van der Waals surface area (Å²) in [5.41, 5.74) is 2.28. The smallest absolute Gasteiger partial charge is 0.266 e. The molecule has 1 fully saturated rings. The van der Waals surface area contributed by atoms with E-state index in [0.29, 0.717) is 32.9 Å². The molecule has 136 valence electrons. The summed E-state index contributed by atoms with van der Waals surface area (Å²) in [6, 6.07) is 22.7. The van der Waals surface area contributed by atoms with Crippen LogP contribution in [0.4, 0.5) is 0 Å². The van der Waals surface area contributed by atoms with Crippen LogP contribution in [-0.4, -0.2) is 15.1 Å². The van der Waals surface area contributed by atoms with Crippen molar-refractivity contribution in [3.63, 3.8) is 0 Å². The van der Waals surface area contributed by atoms with Crippen LogP contribution in [0.2, 0.25) is 0 Å². The molecule has 2 aromatic carbocycles. The highest BCUT2D eigenvalue weighted by Crippen LogP contribution is 2.34. The first-order chi connectivity index (χ1) is 13.7. The normalized spacial score (nSPS) is 15.2. The van der Waals surface area contributed by atoms with Crippen LogP contribution in [-0.2, 0) is 11.3 Å². The van der Waals surface area contributed by atoms with Gasteiger partial charge in [-0.05, 0) is 29.8 Å². The predicted octanol–water partition coefficient (Wildman–Crippen LogP) is 5.22. The SMILES string of the molecule is N#Cc1ccccc1-c1ccc(/C=C2\SC(=S)N(Cc3ccccc3)C2=O)o1. The quantitative estimate of drug-likeness (QED) is 0.442. The number of nitriles is 1. The Hall–Kier alpha value is -3.14. The van der Waals surface area contributed by atoms with Crippen molar-refractivity contribution < 1.29 is 9.21 Å². The van der Waals surface area contributed by atoms with Crippen LogP contribution in [0.1, 0.15) is 16.9 Å². The Kier molecular flexibility index (Phi) is 5.11. The van der Waals surface area contributed by atoms with Gasteiger partial charge in [0, 0.05) is 11.6 Å². The summed E-state index contributed by atoms with van der Waals surface area (Å²) in [4.78, 5) is 14.9. The fraction of sp³-hybridized carbons (Fsp3) is 0.0455. The van der Waals surface area contributed by atoms with Crippen molar-refractivity contribution in [2.24, 2.45) is 0 Å². The van der Waals surface area contributed by atoms with Crippen LogP contribution in [0.3, 0.4) is 0 Å². The van der Waals surface area contributed by atoms with Gasteiger partial charge in [0.25, 0.3) is 5.91 Å². The van der Waals surface area contributed by atoms with Crippen molar-refractivity contribution in [1.29, 1.82) is 5.26 Å². The lowest BCUT2D eigenvalue weighted by atomic mass is 10.1. The van der Waals surface area contributed by atoms with Crippen molar-refractivity contribution >= 4 is 40.3 Å². The molecule has 4 rings (SSSR count). The summed E-state index contributed by atoms with van der Waals surface area (Å²) < 4.78 is 6.39. The molecule has 2 heterocycles. The van der Waals surface area contributed by atoms with E-state index < -0.39 is 0 Å². The number of amides is 1. The van der Waals surface area contributed by atoms with E-state index in [1.165, 1.54) is 11.8 Å². The molecule has 28 heavy (non-hydrogen) atoms. The molecule has 1 aliphatic rings. The Morgan fingerprint density at radius 1 is 1.07 bits per heavy atom. The number of furan rings is 1. The average molecular weight is 403 g/mol. The zero-order valence-electron chi connectivity index (χ0n) is 14.7. The topological polar surface area (TPSA) is 57.2 Å². The minimum atomic E-state index is -0.130. The van der Waals surface area contributed by atoms with Gasteiger partial charge in [-0.3, -0.25) is 9.69 Å². The summed E-state index contributed by atoms with van der Waals surface area (Å²) in [6.07, 6.45) is 1.70. The van der Waals surface area contributed by atoms with Crippen molar-refractivity contribution in [2.75, 3.05) is 0 Å². The highest BCUT2D eigenvalue weighted by molar-refractivity contribution is 8.26. The molecule has 6 heteroatoms. The second-order valence-electron chi connectivity index (χ2n) is 6.11. The fourth-order valence-corrected chi connectivity index (χ4v) is 4.14. The number of thiocarbonyl (C=S) groups is 1. The third-order valence-corrected chi connectivity index (χ3v) is 5.65. The molecule has 0 unspecified atom stereocenters. The zero-order chi connectivity index (χ0) is 19.5. The largest absolute Gasteiger partial charge is 0.457 e. The van der Waals surface area contributed by atoms with Crippen LogP contribution in [0.5, 0.6) is 0 Å². The summed E-state index contributed by atoms with van der Waals surface area (Å²) in [7, 11) is 0. The Balaban J connectivity index is 1.57. The first-order valence-corrected chi connectivity index (χ1v) is 9.77. The molecule has 0 spiro atoms. The Labute approximate surface area is 172 Å². The van der Waals surface area contributed by atoms with Gasteiger partial charge in [-0.2, -0.15) is 5.26 Å². The van der Waals surface area contributed by atoms with Gasteiger partial charge in [0.15, 0.2) is 0 Å². The molecule has 4 nitrogen and oxygen atoms in total. The number of thioether (sulfide) groups is 1. The fourth-order valence-electron chi connectivity index (χ4n) is 2.90. The summed E-state index contributed by atoms with van der Waals surface area (Å²) in [5.74, 6) is 1.00. The van der Waals surface area contributed by atoms with E-state index >= 15 is 0 Å². The van der Waals surface area contributed by atoms with Gasteiger partial charge in [-0.1, -0.05) is 66.4 Å². The molecule has 0 saturated carbocycles. The van der Waals surface area contributed by atoms with Gasteiger partial charge in [0.2, 0.25) is 0 Å². The van der Waals surface area contributed by atoms with Crippen LogP contribution >= 0.6 is 24.0 Å². The van der Waals surface area contributed by atoms with Gasteiger partial charge >= 0.3 is 0 Å². The Morgan fingerprint density at radius 3 is 2.61 bits per heavy atom. The van der Waals surface area contributed by atoms with Gasteiger partial charge in [0.05, 0.1) is 23.1 Å². The average Bonchev–Trinajstić information content (AvgIpc) is 3.29. The number of carbonyl (C=O) groups is 1. The minimum Gasteiger partial charge on any atom is -0.457 e. The van der Waals surface area contributed by atoms with Gasteiger partial charge in [-0.15, -0.1) is 0 Å². The third kappa shape index (κ3) is 3.63. The predicted molar refractivity (Wildman–Crippen MR) is 114 cm³/mol. The third-order valence-electron chi connectivity index (χ3n) is 4.27. The van der Waals surface area contributed by atoms with E-state index in [2.05, 4.69) is 6.07 Å². The van der Waals surface area contributed by atoms with E-state index in [4.69, 9.17) is 16.6 Å². The molecule has 0 atom stereocenters. The zero-order valence-corrected chi connectivity index (χ0v) is 16.3. The number of nitrogens with zero attached hydrogens (tertiary/aromatic N) is 2. The highest BCUT2D eigenvalue weighted by atomic mass is 32.2. The first kappa shape index (κ1) is 18.2. The van der Waals surface area contributed by atoms with E-state index in [1.54, 1.807) is 29.2 Å². The standard InChI is InChI=1S/C22H14N2O2S2/c23-13-16-8-4-5-9-18(16)19-11-10-17(26-19)12-20-21(25)24(22(27)28-20)14-15-6-2-1-3-7-15/h1-12H,14H2/b20-12-. The van der Waals surface area contributed by atoms with E-state index in [1.807, 2.05) is 48.5 Å². The van der Waals surface area contributed by atoms with E-state index in [-0.39, 0.29) is 5.91 Å². The molecule has 1 amide bonds. The van der Waals surface area contributed by atoms with Crippen molar-refractivity contribution in [1.82, 2.24) is 4.90 Å². The molecule has 0 N–H and O–H groups in total. The van der Waals surface area contributed by atoms with Gasteiger partial charge in [-0.25, -0.2) is 0 Å². The second kappa shape index (κ2) is 7.85. The van der Waals surface area contributed by atoms with Crippen LogP contribution in [0.25, 0.3) is 17.4 Å². The highest BCUT2D eigenvalue weighted by Gasteiger charge is 2.32. The lowest BCUT2D eigenvalue weighted by Crippen LogP contribution is -2.27. The lowest BCUT2D eigenvalue weighted by Gasteiger charge is -2.14. The molecular weight excluding hydrogens is 388 g/mol. The number of benzene rings is 2. The number of carbonyl (C=O) groups excluding carboxylic acids is 1. The molecule has 0 aliphatic carbocycles. The molecule has 0 bridgehead atoms. The summed E-state index contributed by atoms with van der Waals surface area (Å²) in [5, 5.41) is 9.26. The Bertz CT molecular complexity index is 1130. The van der Waals surface area contributed by atoms with Crippen LogP contribution in [0, 0.1) is 11.3 Å². The molecule has 1 aliphatic heterocycles. The summed E-state index contributed by atoms with van der Waals surface area (Å²) in [6.45, 7) is 0.446. The maximum Gasteiger partial charge on any atom is 0.266 e. The number of hydrogen-bond acceptors (Lipinski definition) is 5. The Morgan fingerprint density at radius 2 is 1.82 bits per heavy atom. The van der Waals surface area contributed by atoms with Crippen molar-refractivity contribution in [3.05, 3.63) is 88.5 Å². The molecular formula is C22H14N2O2S2. The lowest BCUT2D eigenvalue weighted by molar-refractivity contribution is -0.122. The van der Waals surface area contributed by atoms with Crippen molar-refractivity contribution in [2.45, 2.75) is 6.54 Å². The molecule has 3 aromatic rings. The van der Waals surface area contributed by atoms with Crippen LogP contribution in [0.15, 0.2) is 76.1 Å². The van der Waals surface area contributed by atoms with Crippen molar-refractivity contribution in [3.8, 4) is 17.4 Å². The van der Waals surface area contributed by atoms with Gasteiger partial charge < -0.3 is 4.42 Å². The maximum absolute atomic E-state index is 12.8. The summed E-state index contributed by atoms with van der Waals surface area (Å²) >= 11 is 6.65. The molecule has 0 radical (unpaired) electrons. The maximum atomic E-state index is 12.8. The van der Waals surface area contributed by atoms with E-state index in [9.17, 15) is 10.1 Å².